The highest BCUT2D eigenvalue weighted by Gasteiger charge is 2.44. The molecule has 5 atom stereocenters. The number of halogens is 2. The average molecular weight is 488 g/mol. The Kier molecular flexibility index (Phi) is 6.09. The zero-order valence-electron chi connectivity index (χ0n) is 18.1. The van der Waals surface area contributed by atoms with Gasteiger partial charge >= 0.3 is 0 Å². The SMILES string of the molecule is Cc1cc(F)cc2c(Sc3ccc4cc(F)ccc4c3)cn([C@@H]3O[C@H](CO)[C@@H](O)[C@H](O)[C@H]3O)c12. The summed E-state index contributed by atoms with van der Waals surface area (Å²) in [6.45, 7) is 1.18. The van der Waals surface area contributed by atoms with Gasteiger partial charge in [-0.1, -0.05) is 23.9 Å². The molecule has 6 nitrogen and oxygen atoms in total. The molecule has 9 heteroatoms. The van der Waals surface area contributed by atoms with Crippen LogP contribution in [0.3, 0.4) is 0 Å². The van der Waals surface area contributed by atoms with E-state index in [-0.39, 0.29) is 5.82 Å². The molecule has 0 aliphatic carbocycles. The second kappa shape index (κ2) is 8.92. The van der Waals surface area contributed by atoms with Gasteiger partial charge in [-0.2, -0.15) is 0 Å². The molecule has 0 radical (unpaired) electrons. The summed E-state index contributed by atoms with van der Waals surface area (Å²) in [5.74, 6) is -0.742. The number of aliphatic hydroxyl groups excluding tert-OH is 4. The predicted octanol–water partition coefficient (Wildman–Crippen LogP) is 3.50. The van der Waals surface area contributed by atoms with Gasteiger partial charge in [0.1, 0.15) is 36.1 Å². The molecule has 5 rings (SSSR count). The maximum atomic E-state index is 14.4. The molecule has 0 spiro atoms. The van der Waals surface area contributed by atoms with Gasteiger partial charge in [0.05, 0.1) is 12.1 Å². The Hall–Kier alpha value is -2.53. The number of hydrogen-bond acceptors (Lipinski definition) is 6. The number of nitrogens with zero attached hydrogens (tertiary/aromatic N) is 1. The topological polar surface area (TPSA) is 95.1 Å². The van der Waals surface area contributed by atoms with Crippen LogP contribution >= 0.6 is 11.8 Å². The van der Waals surface area contributed by atoms with Gasteiger partial charge < -0.3 is 29.7 Å². The van der Waals surface area contributed by atoms with E-state index in [1.54, 1.807) is 23.8 Å². The third kappa shape index (κ3) is 3.98. The zero-order valence-corrected chi connectivity index (χ0v) is 18.9. The third-order valence-electron chi connectivity index (χ3n) is 6.19. The summed E-state index contributed by atoms with van der Waals surface area (Å²) in [4.78, 5) is 1.52. The first kappa shape index (κ1) is 23.2. The Balaban J connectivity index is 1.60. The van der Waals surface area contributed by atoms with Crippen molar-refractivity contribution in [3.8, 4) is 0 Å². The van der Waals surface area contributed by atoms with Crippen molar-refractivity contribution in [2.75, 3.05) is 6.61 Å². The smallest absolute Gasteiger partial charge is 0.163 e. The van der Waals surface area contributed by atoms with E-state index in [4.69, 9.17) is 4.74 Å². The Morgan fingerprint density at radius 2 is 1.65 bits per heavy atom. The first-order chi connectivity index (χ1) is 16.3. The molecular formula is C25H23F2NO5S. The van der Waals surface area contributed by atoms with Crippen molar-refractivity contribution in [1.82, 2.24) is 4.57 Å². The molecule has 2 heterocycles. The lowest BCUT2D eigenvalue weighted by Crippen LogP contribution is -2.56. The maximum Gasteiger partial charge on any atom is 0.163 e. The van der Waals surface area contributed by atoms with E-state index >= 15 is 0 Å². The molecule has 4 N–H and O–H groups in total. The van der Waals surface area contributed by atoms with E-state index in [0.717, 1.165) is 15.7 Å². The van der Waals surface area contributed by atoms with Crippen LogP contribution in [-0.2, 0) is 4.74 Å². The molecule has 1 aromatic heterocycles. The van der Waals surface area contributed by atoms with E-state index in [1.165, 1.54) is 36.0 Å². The molecule has 0 saturated carbocycles. The lowest BCUT2D eigenvalue weighted by atomic mass is 9.98. The van der Waals surface area contributed by atoms with Gasteiger partial charge in [-0.25, -0.2) is 8.78 Å². The van der Waals surface area contributed by atoms with Crippen LogP contribution in [-0.4, -0.2) is 56.0 Å². The monoisotopic (exact) mass is 487 g/mol. The van der Waals surface area contributed by atoms with E-state index in [0.29, 0.717) is 21.4 Å². The number of rotatable bonds is 4. The third-order valence-corrected chi connectivity index (χ3v) is 7.22. The molecule has 0 unspecified atom stereocenters. The first-order valence-electron chi connectivity index (χ1n) is 10.7. The van der Waals surface area contributed by atoms with Gasteiger partial charge in [0.15, 0.2) is 6.23 Å². The molecule has 0 amide bonds. The first-order valence-corrected chi connectivity index (χ1v) is 11.6. The molecular weight excluding hydrogens is 464 g/mol. The minimum absolute atomic E-state index is 0.318. The zero-order chi connectivity index (χ0) is 24.1. The van der Waals surface area contributed by atoms with E-state index < -0.39 is 43.1 Å². The highest BCUT2D eigenvalue weighted by Crippen LogP contribution is 2.41. The van der Waals surface area contributed by atoms with Crippen molar-refractivity contribution in [3.63, 3.8) is 0 Å². The van der Waals surface area contributed by atoms with Crippen molar-refractivity contribution in [3.05, 3.63) is 71.9 Å². The van der Waals surface area contributed by atoms with Crippen molar-refractivity contribution < 1.29 is 33.9 Å². The molecule has 1 fully saturated rings. The molecule has 0 bridgehead atoms. The highest BCUT2D eigenvalue weighted by atomic mass is 32.2. The van der Waals surface area contributed by atoms with Crippen LogP contribution in [0.2, 0.25) is 0 Å². The number of aliphatic hydroxyl groups is 4. The predicted molar refractivity (Wildman–Crippen MR) is 124 cm³/mol. The summed E-state index contributed by atoms with van der Waals surface area (Å²) in [5, 5.41) is 42.9. The van der Waals surface area contributed by atoms with Crippen molar-refractivity contribution in [2.45, 2.75) is 47.4 Å². The summed E-state index contributed by atoms with van der Waals surface area (Å²) in [5.41, 5.74) is 1.18. The fraction of sp³-hybridized carbons (Fsp3) is 0.280. The van der Waals surface area contributed by atoms with Gasteiger partial charge in [-0.15, -0.1) is 0 Å². The lowest BCUT2D eigenvalue weighted by molar-refractivity contribution is -0.250. The van der Waals surface area contributed by atoms with Gasteiger partial charge in [0.2, 0.25) is 0 Å². The van der Waals surface area contributed by atoms with Crippen LogP contribution in [0, 0.1) is 18.6 Å². The Morgan fingerprint density at radius 3 is 2.41 bits per heavy atom. The molecule has 1 aliphatic rings. The Morgan fingerprint density at radius 1 is 0.912 bits per heavy atom. The number of aryl methyl sites for hydroxylation is 1. The van der Waals surface area contributed by atoms with Crippen molar-refractivity contribution in [1.29, 1.82) is 0 Å². The van der Waals surface area contributed by atoms with Crippen LogP contribution in [0.15, 0.2) is 64.5 Å². The Labute approximate surface area is 198 Å². The van der Waals surface area contributed by atoms with Gasteiger partial charge in [-0.3, -0.25) is 0 Å². The number of benzene rings is 3. The largest absolute Gasteiger partial charge is 0.394 e. The highest BCUT2D eigenvalue weighted by molar-refractivity contribution is 7.99. The quantitative estimate of drug-likeness (QED) is 0.352. The molecule has 3 aromatic carbocycles. The number of ether oxygens (including phenoxy) is 1. The van der Waals surface area contributed by atoms with E-state index in [1.807, 2.05) is 18.2 Å². The van der Waals surface area contributed by atoms with Crippen molar-refractivity contribution in [2.24, 2.45) is 0 Å². The van der Waals surface area contributed by atoms with Crippen LogP contribution in [0.5, 0.6) is 0 Å². The summed E-state index contributed by atoms with van der Waals surface area (Å²) in [7, 11) is 0. The molecule has 1 saturated heterocycles. The van der Waals surface area contributed by atoms with E-state index in [9.17, 15) is 29.2 Å². The van der Waals surface area contributed by atoms with E-state index in [2.05, 4.69) is 0 Å². The van der Waals surface area contributed by atoms with Gasteiger partial charge in [0, 0.05) is 21.4 Å². The lowest BCUT2D eigenvalue weighted by Gasteiger charge is -2.40. The van der Waals surface area contributed by atoms with Crippen molar-refractivity contribution >= 4 is 33.4 Å². The summed E-state index contributed by atoms with van der Waals surface area (Å²) in [6.07, 6.45) is -4.98. The molecule has 178 valence electrons. The number of aromatic nitrogens is 1. The van der Waals surface area contributed by atoms with Gasteiger partial charge in [0.25, 0.3) is 0 Å². The standard InChI is InChI=1S/C25H23F2NO5S/c1-12-6-16(27)9-18-20(34-17-5-3-13-7-15(26)4-2-14(13)8-17)10-28(21(12)18)25-24(32)23(31)22(30)19(11-29)33-25/h2-10,19,22-25,29-32H,11H2,1H3/t19-,22-,23+,24-,25-/m1/s1. The van der Waals surface area contributed by atoms with Crippen LogP contribution in [0.1, 0.15) is 11.8 Å². The fourth-order valence-electron chi connectivity index (χ4n) is 4.51. The van der Waals surface area contributed by atoms with Crippen LogP contribution in [0.25, 0.3) is 21.7 Å². The fourth-order valence-corrected chi connectivity index (χ4v) is 5.51. The molecule has 1 aliphatic heterocycles. The van der Waals surface area contributed by atoms with Crippen LogP contribution < -0.4 is 0 Å². The number of hydrogen-bond donors (Lipinski definition) is 4. The Bertz CT molecular complexity index is 1370. The second-order valence-corrected chi connectivity index (χ2v) is 9.61. The number of fused-ring (bicyclic) bond motifs is 2. The second-order valence-electron chi connectivity index (χ2n) is 8.49. The minimum atomic E-state index is -1.54. The normalized spacial score (nSPS) is 25.3. The van der Waals surface area contributed by atoms with Gasteiger partial charge in [-0.05, 0) is 59.7 Å². The van der Waals surface area contributed by atoms with Crippen LogP contribution in [0.4, 0.5) is 8.78 Å². The summed E-state index contributed by atoms with van der Waals surface area (Å²) < 4.78 is 35.3. The average Bonchev–Trinajstić information content (AvgIpc) is 3.16. The molecule has 4 aromatic rings. The summed E-state index contributed by atoms with van der Waals surface area (Å²) >= 11 is 1.37. The molecule has 34 heavy (non-hydrogen) atoms. The maximum absolute atomic E-state index is 14.4. The summed E-state index contributed by atoms with van der Waals surface area (Å²) in [6, 6.07) is 12.8. The minimum Gasteiger partial charge on any atom is -0.394 e.